The molecule has 4 aliphatic heterocycles. The summed E-state index contributed by atoms with van der Waals surface area (Å²) in [7, 11) is 0. The number of aryl methyl sites for hydroxylation is 1. The molecule has 2 unspecified atom stereocenters. The zero-order valence-electron chi connectivity index (χ0n) is 22.6. The van der Waals surface area contributed by atoms with Gasteiger partial charge < -0.3 is 20.7 Å². The first-order chi connectivity index (χ1) is 19.5. The highest BCUT2D eigenvalue weighted by molar-refractivity contribution is 7.22. The lowest BCUT2D eigenvalue weighted by molar-refractivity contribution is 0.108. The van der Waals surface area contributed by atoms with E-state index in [0.717, 1.165) is 62.1 Å². The van der Waals surface area contributed by atoms with Gasteiger partial charge >= 0.3 is 6.01 Å². The fourth-order valence-corrected chi connectivity index (χ4v) is 8.28. The Morgan fingerprint density at radius 3 is 2.65 bits per heavy atom. The quantitative estimate of drug-likeness (QED) is 0.370. The Balaban J connectivity index is 1.26. The maximum absolute atomic E-state index is 16.6. The summed E-state index contributed by atoms with van der Waals surface area (Å²) >= 11 is 1.39. The monoisotopic (exact) mass is 560 g/mol. The van der Waals surface area contributed by atoms with Crippen molar-refractivity contribution in [1.29, 1.82) is 0 Å². The van der Waals surface area contributed by atoms with E-state index in [9.17, 15) is 0 Å². The molecule has 0 amide bonds. The Bertz CT molecular complexity index is 1620. The number of halogens is 1. The average Bonchev–Trinajstić information content (AvgIpc) is 3.71. The number of ether oxygens (including phenoxy) is 1. The van der Waals surface area contributed by atoms with Gasteiger partial charge in [-0.25, -0.2) is 9.37 Å². The molecule has 3 N–H and O–H groups in total. The Morgan fingerprint density at radius 1 is 1.10 bits per heavy atom. The summed E-state index contributed by atoms with van der Waals surface area (Å²) < 4.78 is 23.9. The lowest BCUT2D eigenvalue weighted by atomic mass is 9.95. The summed E-state index contributed by atoms with van der Waals surface area (Å²) in [5, 5.41) is 4.74. The molecule has 4 fully saturated rings. The van der Waals surface area contributed by atoms with Crippen LogP contribution >= 0.6 is 11.3 Å². The average molecular weight is 561 g/mol. The number of pyridine rings is 1. The van der Waals surface area contributed by atoms with Crippen molar-refractivity contribution < 1.29 is 9.13 Å². The minimum absolute atomic E-state index is 0.0475. The van der Waals surface area contributed by atoms with Crippen molar-refractivity contribution in [3.63, 3.8) is 0 Å². The van der Waals surface area contributed by atoms with Crippen molar-refractivity contribution in [2.75, 3.05) is 43.4 Å². The first-order valence-corrected chi connectivity index (χ1v) is 15.2. The van der Waals surface area contributed by atoms with Gasteiger partial charge in [-0.05, 0) is 70.2 Å². The summed E-state index contributed by atoms with van der Waals surface area (Å²) in [5.74, 6) is 0.226. The van der Waals surface area contributed by atoms with Gasteiger partial charge in [0.05, 0.1) is 21.1 Å². The Hall–Kier alpha value is -3.15. The van der Waals surface area contributed by atoms with Crippen LogP contribution in [0.1, 0.15) is 44.1 Å². The van der Waals surface area contributed by atoms with Gasteiger partial charge in [0.1, 0.15) is 23.6 Å². The van der Waals surface area contributed by atoms with Crippen LogP contribution in [0.5, 0.6) is 6.01 Å². The van der Waals surface area contributed by atoms with Crippen LogP contribution in [0.15, 0.2) is 18.3 Å². The third-order valence-electron chi connectivity index (χ3n) is 9.46. The molecule has 0 saturated carbocycles. The number of fused-ring (bicyclic) bond motifs is 5. The number of thiazole rings is 1. The first kappa shape index (κ1) is 24.6. The molecular formula is C29H33FN8OS. The Morgan fingerprint density at radius 2 is 1.88 bits per heavy atom. The van der Waals surface area contributed by atoms with Crippen molar-refractivity contribution >= 4 is 43.4 Å². The van der Waals surface area contributed by atoms with Crippen molar-refractivity contribution in [1.82, 2.24) is 30.2 Å². The number of piperazine rings is 1. The van der Waals surface area contributed by atoms with Crippen LogP contribution < -0.4 is 20.7 Å². The molecule has 4 saturated heterocycles. The molecule has 4 aliphatic rings. The van der Waals surface area contributed by atoms with E-state index in [4.69, 9.17) is 20.4 Å². The molecule has 208 valence electrons. The van der Waals surface area contributed by atoms with Gasteiger partial charge in [0, 0.05) is 36.9 Å². The minimum Gasteiger partial charge on any atom is -0.461 e. The molecule has 2 bridgehead atoms. The third-order valence-corrected chi connectivity index (χ3v) is 10.3. The summed E-state index contributed by atoms with van der Waals surface area (Å²) in [4.78, 5) is 23.6. The fraction of sp³-hybridized carbons (Fsp3) is 0.517. The van der Waals surface area contributed by atoms with Crippen molar-refractivity contribution in [3.05, 3.63) is 29.7 Å². The SMILES string of the molecule is Cc1ccc2sc(N)nc2c1-c1ncc2c(N3CC4CCC(C3)N4)nc(OCC34CCCN3CCC4)nc2c1F. The highest BCUT2D eigenvalue weighted by Gasteiger charge is 2.45. The van der Waals surface area contributed by atoms with Gasteiger partial charge in [-0.15, -0.1) is 0 Å². The number of anilines is 2. The van der Waals surface area contributed by atoms with Gasteiger partial charge in [-0.1, -0.05) is 17.4 Å². The van der Waals surface area contributed by atoms with E-state index in [-0.39, 0.29) is 22.8 Å². The zero-order chi connectivity index (χ0) is 27.0. The molecule has 8 rings (SSSR count). The molecule has 2 atom stereocenters. The second-order valence-electron chi connectivity index (χ2n) is 11.9. The van der Waals surface area contributed by atoms with Crippen LogP contribution in [0.4, 0.5) is 15.3 Å². The lowest BCUT2D eigenvalue weighted by Gasteiger charge is -2.34. The highest BCUT2D eigenvalue weighted by Crippen LogP contribution is 2.41. The molecule has 9 nitrogen and oxygen atoms in total. The maximum Gasteiger partial charge on any atom is 0.319 e. The van der Waals surface area contributed by atoms with E-state index < -0.39 is 5.82 Å². The standard InChI is InChI=1S/C29H33FN8OS/c1-16-4-7-20-24(34-27(31)40-20)21(16)25-22(30)23-19(12-32-25)26(37-13-17-5-6-18(14-37)33-17)36-28(35-23)39-15-29-8-2-10-38(29)11-3-9-29/h4,7,12,17-18,33H,2-3,5-6,8-11,13-15H2,1H3,(H2,31,34). The molecule has 11 heteroatoms. The minimum atomic E-state index is -0.479. The molecule has 1 aromatic carbocycles. The number of hydrogen-bond donors (Lipinski definition) is 2. The normalized spacial score (nSPS) is 23.9. The van der Waals surface area contributed by atoms with E-state index >= 15 is 4.39 Å². The molecular weight excluding hydrogens is 527 g/mol. The summed E-state index contributed by atoms with van der Waals surface area (Å²) in [5.41, 5.74) is 8.75. The number of nitrogens with zero attached hydrogens (tertiary/aromatic N) is 6. The number of aromatic nitrogens is 4. The lowest BCUT2D eigenvalue weighted by Crippen LogP contribution is -2.51. The Kier molecular flexibility index (Phi) is 5.66. The first-order valence-electron chi connectivity index (χ1n) is 14.4. The molecule has 0 spiro atoms. The third kappa shape index (κ3) is 3.85. The highest BCUT2D eigenvalue weighted by atomic mass is 32.1. The molecule has 0 aliphatic carbocycles. The molecule has 7 heterocycles. The number of nitrogen functional groups attached to an aromatic ring is 1. The summed E-state index contributed by atoms with van der Waals surface area (Å²) in [6.45, 7) is 6.35. The number of hydrogen-bond acceptors (Lipinski definition) is 10. The molecule has 0 radical (unpaired) electrons. The summed E-state index contributed by atoms with van der Waals surface area (Å²) in [6, 6.07) is 4.99. The van der Waals surface area contributed by atoms with Crippen LogP contribution in [0.25, 0.3) is 32.4 Å². The van der Waals surface area contributed by atoms with E-state index in [1.807, 2.05) is 19.1 Å². The van der Waals surface area contributed by atoms with Crippen LogP contribution in [0, 0.1) is 12.7 Å². The summed E-state index contributed by atoms with van der Waals surface area (Å²) in [6.07, 6.45) is 8.62. The van der Waals surface area contributed by atoms with Crippen molar-refractivity contribution in [2.45, 2.75) is 63.1 Å². The number of rotatable bonds is 5. The smallest absolute Gasteiger partial charge is 0.319 e. The van der Waals surface area contributed by atoms with Crippen LogP contribution in [0.3, 0.4) is 0 Å². The molecule has 3 aromatic heterocycles. The maximum atomic E-state index is 16.6. The number of nitrogens with two attached hydrogens (primary N) is 1. The molecule has 4 aromatic rings. The largest absolute Gasteiger partial charge is 0.461 e. The Labute approximate surface area is 236 Å². The van der Waals surface area contributed by atoms with Gasteiger partial charge in [0.15, 0.2) is 10.9 Å². The van der Waals surface area contributed by atoms with E-state index in [0.29, 0.717) is 46.1 Å². The fourth-order valence-electron chi connectivity index (χ4n) is 7.54. The zero-order valence-corrected chi connectivity index (χ0v) is 23.4. The van der Waals surface area contributed by atoms with Crippen molar-refractivity contribution in [2.24, 2.45) is 0 Å². The van der Waals surface area contributed by atoms with Gasteiger partial charge in [0.25, 0.3) is 0 Å². The van der Waals surface area contributed by atoms with E-state index in [1.165, 1.54) is 24.2 Å². The second kappa shape index (κ2) is 9.19. The molecule has 40 heavy (non-hydrogen) atoms. The second-order valence-corrected chi connectivity index (χ2v) is 13.0. The van der Waals surface area contributed by atoms with Gasteiger partial charge in [0.2, 0.25) is 0 Å². The van der Waals surface area contributed by atoms with Gasteiger partial charge in [-0.2, -0.15) is 9.97 Å². The van der Waals surface area contributed by atoms with E-state index in [2.05, 4.69) is 25.1 Å². The van der Waals surface area contributed by atoms with Crippen molar-refractivity contribution in [3.8, 4) is 17.3 Å². The predicted molar refractivity (Wildman–Crippen MR) is 155 cm³/mol. The van der Waals surface area contributed by atoms with Gasteiger partial charge in [-0.3, -0.25) is 9.88 Å². The number of nitrogens with one attached hydrogen (secondary N) is 1. The van der Waals surface area contributed by atoms with Crippen LogP contribution in [-0.2, 0) is 0 Å². The topological polar surface area (TPSA) is 105 Å². The van der Waals surface area contributed by atoms with Crippen LogP contribution in [-0.4, -0.2) is 75.2 Å². The van der Waals surface area contributed by atoms with Crippen LogP contribution in [0.2, 0.25) is 0 Å². The van der Waals surface area contributed by atoms with E-state index in [1.54, 1.807) is 6.20 Å². The predicted octanol–water partition coefficient (Wildman–Crippen LogP) is 4.28. The number of benzene rings is 1.